The normalized spacial score (nSPS) is 20.9. The van der Waals surface area contributed by atoms with Crippen LogP contribution < -0.4 is 5.32 Å². The maximum absolute atomic E-state index is 12.2. The Balaban J connectivity index is 1.64. The molecule has 2 heterocycles. The lowest BCUT2D eigenvalue weighted by Gasteiger charge is -2.35. The summed E-state index contributed by atoms with van der Waals surface area (Å²) in [4.78, 5) is 30.1. The first-order valence-electron chi connectivity index (χ1n) is 8.26. The van der Waals surface area contributed by atoms with Crippen molar-refractivity contribution in [2.24, 2.45) is 0 Å². The van der Waals surface area contributed by atoms with Gasteiger partial charge in [0, 0.05) is 45.8 Å². The van der Waals surface area contributed by atoms with Gasteiger partial charge < -0.3 is 15.0 Å². The minimum absolute atomic E-state index is 0.0969. The van der Waals surface area contributed by atoms with E-state index in [9.17, 15) is 9.59 Å². The van der Waals surface area contributed by atoms with Crippen LogP contribution in [0.5, 0.6) is 0 Å². The standard InChI is InChI=1S/C15H28N4O3/c1-2-3-16-14(20)12-17-4-6-18(7-5-17)13-15(21)19-8-10-22-11-9-19/h2-13H2,1H3,(H,16,20). The molecule has 0 aromatic heterocycles. The predicted molar refractivity (Wildman–Crippen MR) is 83.6 cm³/mol. The van der Waals surface area contributed by atoms with E-state index in [1.165, 1.54) is 0 Å². The second-order valence-corrected chi connectivity index (χ2v) is 5.90. The monoisotopic (exact) mass is 312 g/mol. The Bertz CT molecular complexity index is 364. The van der Waals surface area contributed by atoms with Gasteiger partial charge in [0.1, 0.15) is 0 Å². The Morgan fingerprint density at radius 1 is 0.955 bits per heavy atom. The van der Waals surface area contributed by atoms with Crippen LogP contribution in [0.2, 0.25) is 0 Å². The minimum Gasteiger partial charge on any atom is -0.378 e. The predicted octanol–water partition coefficient (Wildman–Crippen LogP) is -1.01. The molecule has 2 saturated heterocycles. The van der Waals surface area contributed by atoms with Crippen molar-refractivity contribution in [3.8, 4) is 0 Å². The van der Waals surface area contributed by atoms with E-state index in [-0.39, 0.29) is 11.8 Å². The Morgan fingerprint density at radius 2 is 1.55 bits per heavy atom. The molecule has 2 aliphatic rings. The number of ether oxygens (including phenoxy) is 1. The van der Waals surface area contributed by atoms with Crippen molar-refractivity contribution in [2.75, 3.05) is 72.1 Å². The molecular weight excluding hydrogens is 284 g/mol. The largest absolute Gasteiger partial charge is 0.378 e. The summed E-state index contributed by atoms with van der Waals surface area (Å²) in [7, 11) is 0. The van der Waals surface area contributed by atoms with Crippen LogP contribution in [-0.2, 0) is 14.3 Å². The number of hydrogen-bond donors (Lipinski definition) is 1. The summed E-state index contributed by atoms with van der Waals surface area (Å²) in [6, 6.07) is 0. The summed E-state index contributed by atoms with van der Waals surface area (Å²) < 4.78 is 5.27. The van der Waals surface area contributed by atoms with Gasteiger partial charge in [-0.05, 0) is 6.42 Å². The zero-order valence-corrected chi connectivity index (χ0v) is 13.6. The smallest absolute Gasteiger partial charge is 0.236 e. The summed E-state index contributed by atoms with van der Waals surface area (Å²) in [5.41, 5.74) is 0. The third-order valence-electron chi connectivity index (χ3n) is 4.13. The molecule has 2 fully saturated rings. The van der Waals surface area contributed by atoms with Gasteiger partial charge in [0.25, 0.3) is 0 Å². The highest BCUT2D eigenvalue weighted by Gasteiger charge is 2.23. The number of nitrogens with zero attached hydrogens (tertiary/aromatic N) is 3. The fourth-order valence-electron chi connectivity index (χ4n) is 2.73. The molecule has 22 heavy (non-hydrogen) atoms. The van der Waals surface area contributed by atoms with Crippen LogP contribution in [0.4, 0.5) is 0 Å². The molecule has 0 atom stereocenters. The van der Waals surface area contributed by atoms with Crippen LogP contribution >= 0.6 is 0 Å². The minimum atomic E-state index is 0.0969. The SMILES string of the molecule is CCCNC(=O)CN1CCN(CC(=O)N2CCOCC2)CC1. The Labute approximate surface area is 132 Å². The number of rotatable bonds is 6. The molecule has 0 unspecified atom stereocenters. The van der Waals surface area contributed by atoms with Gasteiger partial charge >= 0.3 is 0 Å². The highest BCUT2D eigenvalue weighted by Crippen LogP contribution is 2.04. The lowest BCUT2D eigenvalue weighted by Crippen LogP contribution is -2.53. The molecule has 0 bridgehead atoms. The van der Waals surface area contributed by atoms with Gasteiger partial charge in [0.2, 0.25) is 11.8 Å². The topological polar surface area (TPSA) is 65.1 Å². The van der Waals surface area contributed by atoms with Gasteiger partial charge in [-0.1, -0.05) is 6.92 Å². The van der Waals surface area contributed by atoms with Crippen molar-refractivity contribution in [3.63, 3.8) is 0 Å². The molecule has 0 spiro atoms. The van der Waals surface area contributed by atoms with Crippen molar-refractivity contribution in [2.45, 2.75) is 13.3 Å². The highest BCUT2D eigenvalue weighted by atomic mass is 16.5. The van der Waals surface area contributed by atoms with Crippen LogP contribution in [0, 0.1) is 0 Å². The molecule has 0 aromatic carbocycles. The molecule has 2 amide bonds. The van der Waals surface area contributed by atoms with E-state index < -0.39 is 0 Å². The molecule has 7 nitrogen and oxygen atoms in total. The Morgan fingerprint density at radius 3 is 2.14 bits per heavy atom. The number of amides is 2. The molecule has 7 heteroatoms. The Kier molecular flexibility index (Phi) is 7.08. The Hall–Kier alpha value is -1.18. The van der Waals surface area contributed by atoms with Gasteiger partial charge in [-0.3, -0.25) is 19.4 Å². The van der Waals surface area contributed by atoms with Gasteiger partial charge in [0.15, 0.2) is 0 Å². The zero-order chi connectivity index (χ0) is 15.8. The summed E-state index contributed by atoms with van der Waals surface area (Å²) >= 11 is 0. The van der Waals surface area contributed by atoms with E-state index in [0.717, 1.165) is 39.1 Å². The highest BCUT2D eigenvalue weighted by molar-refractivity contribution is 5.78. The van der Waals surface area contributed by atoms with Crippen LogP contribution in [0.25, 0.3) is 0 Å². The van der Waals surface area contributed by atoms with Crippen LogP contribution in [0.3, 0.4) is 0 Å². The van der Waals surface area contributed by atoms with Crippen molar-refractivity contribution in [3.05, 3.63) is 0 Å². The molecule has 2 aliphatic heterocycles. The number of nitrogens with one attached hydrogen (secondary N) is 1. The number of piperazine rings is 1. The van der Waals surface area contributed by atoms with Crippen molar-refractivity contribution in [1.29, 1.82) is 0 Å². The van der Waals surface area contributed by atoms with Gasteiger partial charge in [-0.25, -0.2) is 0 Å². The molecule has 126 valence electrons. The first-order chi connectivity index (χ1) is 10.7. The second kappa shape index (κ2) is 9.07. The van der Waals surface area contributed by atoms with Crippen LogP contribution in [-0.4, -0.2) is 98.6 Å². The van der Waals surface area contributed by atoms with Crippen molar-refractivity contribution >= 4 is 11.8 Å². The first-order valence-corrected chi connectivity index (χ1v) is 8.26. The van der Waals surface area contributed by atoms with Gasteiger partial charge in [-0.15, -0.1) is 0 Å². The van der Waals surface area contributed by atoms with E-state index in [4.69, 9.17) is 4.74 Å². The third-order valence-corrected chi connectivity index (χ3v) is 4.13. The lowest BCUT2D eigenvalue weighted by molar-refractivity contribution is -0.137. The molecule has 0 aromatic rings. The van der Waals surface area contributed by atoms with E-state index in [2.05, 4.69) is 15.1 Å². The van der Waals surface area contributed by atoms with E-state index in [1.54, 1.807) is 0 Å². The van der Waals surface area contributed by atoms with Gasteiger partial charge in [-0.2, -0.15) is 0 Å². The maximum atomic E-state index is 12.2. The van der Waals surface area contributed by atoms with Gasteiger partial charge in [0.05, 0.1) is 26.3 Å². The first kappa shape index (κ1) is 17.2. The van der Waals surface area contributed by atoms with Crippen molar-refractivity contribution in [1.82, 2.24) is 20.0 Å². The lowest BCUT2D eigenvalue weighted by atomic mass is 10.3. The summed E-state index contributed by atoms with van der Waals surface area (Å²) in [6.07, 6.45) is 0.961. The number of carbonyl (C=O) groups is 2. The maximum Gasteiger partial charge on any atom is 0.236 e. The summed E-state index contributed by atoms with van der Waals surface area (Å²) in [5.74, 6) is 0.289. The molecule has 0 saturated carbocycles. The number of hydrogen-bond acceptors (Lipinski definition) is 5. The van der Waals surface area contributed by atoms with E-state index >= 15 is 0 Å². The molecule has 2 rings (SSSR count). The molecule has 0 radical (unpaired) electrons. The fraction of sp³-hybridized carbons (Fsp3) is 0.867. The summed E-state index contributed by atoms with van der Waals surface area (Å²) in [5, 5.41) is 2.90. The van der Waals surface area contributed by atoms with Crippen LogP contribution in [0.15, 0.2) is 0 Å². The van der Waals surface area contributed by atoms with E-state index in [0.29, 0.717) is 39.4 Å². The second-order valence-electron chi connectivity index (χ2n) is 5.90. The molecule has 0 aliphatic carbocycles. The molecular formula is C15H28N4O3. The summed E-state index contributed by atoms with van der Waals surface area (Å²) in [6.45, 7) is 9.81. The van der Waals surface area contributed by atoms with E-state index in [1.807, 2.05) is 11.8 Å². The third kappa shape index (κ3) is 5.55. The zero-order valence-electron chi connectivity index (χ0n) is 13.6. The quantitative estimate of drug-likeness (QED) is 0.681. The molecule has 1 N–H and O–H groups in total. The number of morpholine rings is 1. The average molecular weight is 312 g/mol. The van der Waals surface area contributed by atoms with Crippen molar-refractivity contribution < 1.29 is 14.3 Å². The van der Waals surface area contributed by atoms with Crippen LogP contribution in [0.1, 0.15) is 13.3 Å². The fourth-order valence-corrected chi connectivity index (χ4v) is 2.73. The number of carbonyl (C=O) groups excluding carboxylic acids is 2. The average Bonchev–Trinajstić information content (AvgIpc) is 2.55.